The summed E-state index contributed by atoms with van der Waals surface area (Å²) in [6, 6.07) is 12.1. The van der Waals surface area contributed by atoms with Crippen LogP contribution in [0.2, 0.25) is 0 Å². The monoisotopic (exact) mass is 275 g/mol. The average Bonchev–Trinajstić information content (AvgIpc) is 2.40. The number of benzene rings is 2. The van der Waals surface area contributed by atoms with Gasteiger partial charge in [0.2, 0.25) is 0 Å². The van der Waals surface area contributed by atoms with Crippen molar-refractivity contribution in [3.63, 3.8) is 0 Å². The molecule has 2 rings (SSSR count). The molecule has 0 saturated heterocycles. The van der Waals surface area contributed by atoms with Crippen LogP contribution in [-0.4, -0.2) is 0 Å². The van der Waals surface area contributed by atoms with Gasteiger partial charge in [-0.1, -0.05) is 39.0 Å². The van der Waals surface area contributed by atoms with Crippen molar-refractivity contribution in [2.24, 2.45) is 0 Å². The quantitative estimate of drug-likeness (QED) is 0.842. The second kappa shape index (κ2) is 5.61. The molecule has 0 atom stereocenters. The van der Waals surface area contributed by atoms with Crippen molar-refractivity contribution in [3.05, 3.63) is 65.2 Å². The predicted molar refractivity (Wildman–Crippen MR) is 78.8 cm³/mol. The third-order valence-electron chi connectivity index (χ3n) is 3.23. The predicted octanol–water partition coefficient (Wildman–Crippen LogP) is 4.87. The Kier molecular flexibility index (Phi) is 4.07. The van der Waals surface area contributed by atoms with Gasteiger partial charge in [-0.2, -0.15) is 0 Å². The van der Waals surface area contributed by atoms with Gasteiger partial charge < -0.3 is 5.32 Å². The van der Waals surface area contributed by atoms with E-state index in [9.17, 15) is 8.78 Å². The molecule has 0 radical (unpaired) electrons. The zero-order valence-electron chi connectivity index (χ0n) is 12.0. The first-order valence-corrected chi connectivity index (χ1v) is 6.64. The van der Waals surface area contributed by atoms with Crippen LogP contribution in [0.3, 0.4) is 0 Å². The van der Waals surface area contributed by atoms with Gasteiger partial charge >= 0.3 is 0 Å². The maximum absolute atomic E-state index is 13.1. The van der Waals surface area contributed by atoms with Crippen molar-refractivity contribution < 1.29 is 8.78 Å². The van der Waals surface area contributed by atoms with Crippen LogP contribution in [0.5, 0.6) is 0 Å². The molecule has 1 N–H and O–H groups in total. The van der Waals surface area contributed by atoms with Gasteiger partial charge in [-0.25, -0.2) is 8.78 Å². The first-order chi connectivity index (χ1) is 9.36. The average molecular weight is 275 g/mol. The second-order valence-electron chi connectivity index (χ2n) is 5.93. The summed E-state index contributed by atoms with van der Waals surface area (Å²) in [5, 5.41) is 3.20. The molecule has 3 heteroatoms. The Morgan fingerprint density at radius 1 is 0.900 bits per heavy atom. The van der Waals surface area contributed by atoms with E-state index in [0.717, 1.165) is 11.8 Å². The lowest BCUT2D eigenvalue weighted by Crippen LogP contribution is -2.10. The van der Waals surface area contributed by atoms with E-state index in [4.69, 9.17) is 0 Å². The Morgan fingerprint density at radius 3 is 2.10 bits per heavy atom. The number of rotatable bonds is 3. The molecule has 2 aromatic rings. The summed E-state index contributed by atoms with van der Waals surface area (Å²) in [4.78, 5) is 0. The molecule has 0 bridgehead atoms. The van der Waals surface area contributed by atoms with Gasteiger partial charge in [-0.15, -0.1) is 0 Å². The molecule has 0 spiro atoms. The summed E-state index contributed by atoms with van der Waals surface area (Å²) in [6.07, 6.45) is 0. The number of halogens is 2. The standard InChI is InChI=1S/C17H19F2N/c1-17(2,3)13-5-7-14(8-6-13)20-11-12-4-9-15(18)16(19)10-12/h4-10,20H,11H2,1-3H3. The van der Waals surface area contributed by atoms with E-state index >= 15 is 0 Å². The summed E-state index contributed by atoms with van der Waals surface area (Å²) in [6.45, 7) is 6.95. The molecule has 0 aromatic heterocycles. The SMILES string of the molecule is CC(C)(C)c1ccc(NCc2ccc(F)c(F)c2)cc1. The minimum absolute atomic E-state index is 0.124. The summed E-state index contributed by atoms with van der Waals surface area (Å²) >= 11 is 0. The molecule has 0 aliphatic rings. The first kappa shape index (κ1) is 14.5. The Labute approximate surface area is 118 Å². The van der Waals surface area contributed by atoms with Crippen LogP contribution < -0.4 is 5.32 Å². The van der Waals surface area contributed by atoms with Crippen LogP contribution in [-0.2, 0) is 12.0 Å². The normalized spacial score (nSPS) is 11.4. The Bertz CT molecular complexity index is 583. The Balaban J connectivity index is 2.02. The largest absolute Gasteiger partial charge is 0.381 e. The van der Waals surface area contributed by atoms with E-state index in [-0.39, 0.29) is 5.41 Å². The number of hydrogen-bond acceptors (Lipinski definition) is 1. The van der Waals surface area contributed by atoms with Crippen LogP contribution in [0.15, 0.2) is 42.5 Å². The van der Waals surface area contributed by atoms with E-state index in [0.29, 0.717) is 12.1 Å². The molecule has 0 aliphatic heterocycles. The van der Waals surface area contributed by atoms with Crippen LogP contribution in [0.1, 0.15) is 31.9 Å². The van der Waals surface area contributed by atoms with E-state index < -0.39 is 11.6 Å². The third-order valence-corrected chi connectivity index (χ3v) is 3.23. The first-order valence-electron chi connectivity index (χ1n) is 6.64. The van der Waals surface area contributed by atoms with Gasteiger partial charge in [-0.3, -0.25) is 0 Å². The van der Waals surface area contributed by atoms with Crippen molar-refractivity contribution in [3.8, 4) is 0 Å². The van der Waals surface area contributed by atoms with E-state index in [2.05, 4.69) is 38.2 Å². The molecule has 0 aliphatic carbocycles. The van der Waals surface area contributed by atoms with Crippen molar-refractivity contribution >= 4 is 5.69 Å². The lowest BCUT2D eigenvalue weighted by molar-refractivity contribution is 0.507. The zero-order chi connectivity index (χ0) is 14.8. The summed E-state index contributed by atoms with van der Waals surface area (Å²) in [7, 11) is 0. The maximum Gasteiger partial charge on any atom is 0.159 e. The Hall–Kier alpha value is -1.90. The summed E-state index contributed by atoms with van der Waals surface area (Å²) in [5.41, 5.74) is 3.06. The van der Waals surface area contributed by atoms with Crippen LogP contribution in [0.4, 0.5) is 14.5 Å². The van der Waals surface area contributed by atoms with Gasteiger partial charge in [-0.05, 0) is 40.8 Å². The maximum atomic E-state index is 13.1. The van der Waals surface area contributed by atoms with Crippen molar-refractivity contribution in [1.82, 2.24) is 0 Å². The minimum Gasteiger partial charge on any atom is -0.381 e. The van der Waals surface area contributed by atoms with E-state index in [1.165, 1.54) is 11.6 Å². The third kappa shape index (κ3) is 3.56. The highest BCUT2D eigenvalue weighted by molar-refractivity contribution is 5.46. The molecule has 106 valence electrons. The molecule has 0 fully saturated rings. The zero-order valence-corrected chi connectivity index (χ0v) is 12.0. The van der Waals surface area contributed by atoms with E-state index in [1.54, 1.807) is 6.07 Å². The van der Waals surface area contributed by atoms with Crippen LogP contribution in [0.25, 0.3) is 0 Å². The topological polar surface area (TPSA) is 12.0 Å². The number of hydrogen-bond donors (Lipinski definition) is 1. The summed E-state index contributed by atoms with van der Waals surface area (Å²) in [5.74, 6) is -1.63. The lowest BCUT2D eigenvalue weighted by atomic mass is 9.87. The molecular weight excluding hydrogens is 256 g/mol. The highest BCUT2D eigenvalue weighted by Crippen LogP contribution is 2.23. The summed E-state index contributed by atoms with van der Waals surface area (Å²) < 4.78 is 25.9. The molecule has 1 nitrogen and oxygen atoms in total. The van der Waals surface area contributed by atoms with E-state index in [1.807, 2.05) is 12.1 Å². The van der Waals surface area contributed by atoms with Crippen molar-refractivity contribution in [2.45, 2.75) is 32.7 Å². The van der Waals surface area contributed by atoms with Crippen molar-refractivity contribution in [1.29, 1.82) is 0 Å². The molecule has 0 unspecified atom stereocenters. The van der Waals surface area contributed by atoms with Gasteiger partial charge in [0.05, 0.1) is 0 Å². The fraction of sp³-hybridized carbons (Fsp3) is 0.294. The van der Waals surface area contributed by atoms with Gasteiger partial charge in [0.15, 0.2) is 11.6 Å². The molecule has 0 saturated carbocycles. The molecule has 20 heavy (non-hydrogen) atoms. The fourth-order valence-corrected chi connectivity index (χ4v) is 1.94. The fourth-order valence-electron chi connectivity index (χ4n) is 1.94. The Morgan fingerprint density at radius 2 is 1.55 bits per heavy atom. The highest BCUT2D eigenvalue weighted by atomic mass is 19.2. The van der Waals surface area contributed by atoms with Gasteiger partial charge in [0, 0.05) is 12.2 Å². The van der Waals surface area contributed by atoms with Gasteiger partial charge in [0.25, 0.3) is 0 Å². The highest BCUT2D eigenvalue weighted by Gasteiger charge is 2.12. The molecular formula is C17H19F2N. The number of nitrogens with one attached hydrogen (secondary N) is 1. The van der Waals surface area contributed by atoms with Crippen LogP contribution >= 0.6 is 0 Å². The minimum atomic E-state index is -0.816. The lowest BCUT2D eigenvalue weighted by Gasteiger charge is -2.19. The molecule has 0 heterocycles. The number of anilines is 1. The smallest absolute Gasteiger partial charge is 0.159 e. The second-order valence-corrected chi connectivity index (χ2v) is 5.93. The van der Waals surface area contributed by atoms with Crippen molar-refractivity contribution in [2.75, 3.05) is 5.32 Å². The molecule has 0 amide bonds. The van der Waals surface area contributed by atoms with Crippen LogP contribution in [0, 0.1) is 11.6 Å². The van der Waals surface area contributed by atoms with Gasteiger partial charge in [0.1, 0.15) is 0 Å². The molecule has 2 aromatic carbocycles.